The average molecular weight is 572 g/mol. The first-order valence-electron chi connectivity index (χ1n) is 14.9. The summed E-state index contributed by atoms with van der Waals surface area (Å²) in [5.74, 6) is 0.931. The largest absolute Gasteiger partial charge is 0.292 e. The van der Waals surface area contributed by atoms with E-state index in [4.69, 9.17) is 9.97 Å². The van der Waals surface area contributed by atoms with Gasteiger partial charge in [-0.25, -0.2) is 9.97 Å². The van der Waals surface area contributed by atoms with Gasteiger partial charge in [-0.05, 0) is 56.5 Å². The molecule has 0 aliphatic rings. The zero-order valence-electron chi connectivity index (χ0n) is 25.6. The van der Waals surface area contributed by atoms with Crippen LogP contribution in [0.1, 0.15) is 20.8 Å². The molecule has 2 heterocycles. The van der Waals surface area contributed by atoms with Crippen LogP contribution in [0.25, 0.3) is 61.0 Å². The fraction of sp³-hybridized carbons (Fsp3) is 0.0732. The molecule has 0 atom stereocenters. The van der Waals surface area contributed by atoms with Crippen LogP contribution in [0, 0.1) is 0 Å². The zero-order valence-corrected chi connectivity index (χ0v) is 25.6. The van der Waals surface area contributed by atoms with Crippen molar-refractivity contribution < 1.29 is 0 Å². The highest BCUT2D eigenvalue weighted by Crippen LogP contribution is 2.35. The number of para-hydroxylation sites is 2. The third-order valence-corrected chi connectivity index (χ3v) is 7.08. The Bertz CT molecular complexity index is 2040. The summed E-state index contributed by atoms with van der Waals surface area (Å²) in [4.78, 5) is 10.2. The Kier molecular flexibility index (Phi) is 9.91. The highest BCUT2D eigenvalue weighted by atomic mass is 15.1. The van der Waals surface area contributed by atoms with Crippen molar-refractivity contribution in [1.82, 2.24) is 14.5 Å². The molecule has 0 bridgehead atoms. The van der Waals surface area contributed by atoms with E-state index in [2.05, 4.69) is 120 Å². The average Bonchev–Trinajstić information content (AvgIpc) is 3.47. The standard InChI is InChI=1S/C32H21N3.C6H10.C3H6/c1-3-11-22(12-4-1)32-34-29-21-23(19-20-30(29)35(32)24-13-5-2-6-14-24)31-27-17-8-7-15-25(27)26-16-9-10-18-28(26)33-31;1-3-5-6-4-2;1-3-2/h1-21H;3-6H,1-2H3;3H,1H2,2H3/b;5-3-,6-4-;. The van der Waals surface area contributed by atoms with E-state index in [0.717, 1.165) is 50.3 Å². The van der Waals surface area contributed by atoms with Crippen LogP contribution in [0.5, 0.6) is 0 Å². The number of fused-ring (bicyclic) bond motifs is 4. The van der Waals surface area contributed by atoms with Crippen molar-refractivity contribution in [1.29, 1.82) is 0 Å². The molecule has 7 rings (SSSR count). The lowest BCUT2D eigenvalue weighted by atomic mass is 10.00. The van der Waals surface area contributed by atoms with E-state index in [1.807, 2.05) is 63.3 Å². The molecule has 5 aromatic carbocycles. The van der Waals surface area contributed by atoms with Gasteiger partial charge in [-0.2, -0.15) is 0 Å². The van der Waals surface area contributed by atoms with E-state index in [-0.39, 0.29) is 0 Å². The van der Waals surface area contributed by atoms with Crippen LogP contribution in [0.15, 0.2) is 164 Å². The summed E-state index contributed by atoms with van der Waals surface area (Å²) in [6, 6.07) is 44.2. The lowest BCUT2D eigenvalue weighted by molar-refractivity contribution is 1.10. The molecule has 216 valence electrons. The van der Waals surface area contributed by atoms with Crippen LogP contribution < -0.4 is 0 Å². The van der Waals surface area contributed by atoms with Crippen molar-refractivity contribution in [3.05, 3.63) is 164 Å². The minimum Gasteiger partial charge on any atom is -0.292 e. The molecule has 0 aliphatic heterocycles. The van der Waals surface area contributed by atoms with Crippen LogP contribution in [-0.4, -0.2) is 14.5 Å². The molecule has 0 spiro atoms. The molecule has 0 fully saturated rings. The van der Waals surface area contributed by atoms with E-state index in [9.17, 15) is 0 Å². The fourth-order valence-corrected chi connectivity index (χ4v) is 5.19. The van der Waals surface area contributed by atoms with Crippen molar-refractivity contribution in [2.75, 3.05) is 0 Å². The fourth-order valence-electron chi connectivity index (χ4n) is 5.19. The van der Waals surface area contributed by atoms with Gasteiger partial charge in [0.1, 0.15) is 5.82 Å². The van der Waals surface area contributed by atoms with E-state index in [1.54, 1.807) is 6.08 Å². The molecule has 0 saturated carbocycles. The summed E-state index contributed by atoms with van der Waals surface area (Å²) in [7, 11) is 0. The number of nitrogens with zero attached hydrogens (tertiary/aromatic N) is 3. The Labute approximate surface area is 260 Å². The van der Waals surface area contributed by atoms with Gasteiger partial charge in [-0.15, -0.1) is 6.58 Å². The number of benzene rings is 5. The molecule has 7 aromatic rings. The first-order chi connectivity index (χ1) is 21.7. The van der Waals surface area contributed by atoms with Gasteiger partial charge >= 0.3 is 0 Å². The van der Waals surface area contributed by atoms with E-state index in [1.165, 1.54) is 10.8 Å². The van der Waals surface area contributed by atoms with Crippen molar-refractivity contribution in [2.45, 2.75) is 20.8 Å². The highest BCUT2D eigenvalue weighted by Gasteiger charge is 2.16. The maximum absolute atomic E-state index is 5.12. The van der Waals surface area contributed by atoms with Gasteiger partial charge in [0, 0.05) is 27.6 Å². The minimum absolute atomic E-state index is 0.931. The number of pyridine rings is 1. The molecule has 0 saturated heterocycles. The third-order valence-electron chi connectivity index (χ3n) is 7.08. The van der Waals surface area contributed by atoms with Gasteiger partial charge in [-0.1, -0.05) is 127 Å². The monoisotopic (exact) mass is 571 g/mol. The molecule has 44 heavy (non-hydrogen) atoms. The lowest BCUT2D eigenvalue weighted by Gasteiger charge is -2.11. The normalized spacial score (nSPS) is 11.0. The molecule has 3 nitrogen and oxygen atoms in total. The Morgan fingerprint density at radius 1 is 0.545 bits per heavy atom. The molecule has 3 heteroatoms. The number of allylic oxidation sites excluding steroid dienone is 5. The van der Waals surface area contributed by atoms with E-state index in [0.29, 0.717) is 0 Å². The second-order valence-electron chi connectivity index (χ2n) is 10.2. The van der Waals surface area contributed by atoms with Gasteiger partial charge < -0.3 is 0 Å². The topological polar surface area (TPSA) is 30.7 Å². The predicted octanol–water partition coefficient (Wildman–Crippen LogP) is 11.4. The van der Waals surface area contributed by atoms with Gasteiger partial charge in [0.15, 0.2) is 0 Å². The number of imidazole rings is 1. The Morgan fingerprint density at radius 2 is 1.11 bits per heavy atom. The van der Waals surface area contributed by atoms with E-state index >= 15 is 0 Å². The van der Waals surface area contributed by atoms with Gasteiger partial charge in [0.25, 0.3) is 0 Å². The summed E-state index contributed by atoms with van der Waals surface area (Å²) in [5.41, 5.74) is 7.25. The Morgan fingerprint density at radius 3 is 1.77 bits per heavy atom. The number of aromatic nitrogens is 3. The summed E-state index contributed by atoms with van der Waals surface area (Å²) in [6.45, 7) is 9.25. The van der Waals surface area contributed by atoms with Gasteiger partial charge in [0.2, 0.25) is 0 Å². The molecule has 0 amide bonds. The van der Waals surface area contributed by atoms with Crippen LogP contribution in [-0.2, 0) is 0 Å². The van der Waals surface area contributed by atoms with E-state index < -0.39 is 0 Å². The van der Waals surface area contributed by atoms with Crippen LogP contribution >= 0.6 is 0 Å². The van der Waals surface area contributed by atoms with Crippen molar-refractivity contribution in [3.63, 3.8) is 0 Å². The molecule has 2 aromatic heterocycles. The Hall–Kier alpha value is -5.54. The summed E-state index contributed by atoms with van der Waals surface area (Å²) < 4.78 is 2.24. The smallest absolute Gasteiger partial charge is 0.145 e. The summed E-state index contributed by atoms with van der Waals surface area (Å²) in [5, 5.41) is 3.54. The molecule has 0 radical (unpaired) electrons. The lowest BCUT2D eigenvalue weighted by Crippen LogP contribution is -1.97. The van der Waals surface area contributed by atoms with Crippen LogP contribution in [0.4, 0.5) is 0 Å². The highest BCUT2D eigenvalue weighted by molar-refractivity contribution is 6.11. The minimum atomic E-state index is 0.931. The van der Waals surface area contributed by atoms with Crippen molar-refractivity contribution >= 4 is 32.7 Å². The molecular weight excluding hydrogens is 534 g/mol. The second kappa shape index (κ2) is 14.6. The number of hydrogen-bond acceptors (Lipinski definition) is 2. The summed E-state index contributed by atoms with van der Waals surface area (Å²) >= 11 is 0. The first kappa shape index (κ1) is 29.9. The maximum atomic E-state index is 5.12. The molecule has 0 N–H and O–H groups in total. The quantitative estimate of drug-likeness (QED) is 0.119. The zero-order chi connectivity index (χ0) is 30.7. The summed E-state index contributed by atoms with van der Waals surface area (Å²) in [6.07, 6.45) is 9.75. The first-order valence-corrected chi connectivity index (χ1v) is 14.9. The van der Waals surface area contributed by atoms with Gasteiger partial charge in [-0.3, -0.25) is 4.57 Å². The SMILES string of the molecule is C/C=C\C=C/C.C=CC.c1ccc(-c2nc3cc(-c4nc5ccccc5c5ccccc45)ccc3n2-c2ccccc2)cc1. The van der Waals surface area contributed by atoms with Crippen LogP contribution in [0.3, 0.4) is 0 Å². The van der Waals surface area contributed by atoms with Crippen molar-refractivity contribution in [2.24, 2.45) is 0 Å². The second-order valence-corrected chi connectivity index (χ2v) is 10.2. The molecule has 0 unspecified atom stereocenters. The third kappa shape index (κ3) is 6.43. The maximum Gasteiger partial charge on any atom is 0.145 e. The number of hydrogen-bond donors (Lipinski definition) is 0. The van der Waals surface area contributed by atoms with Crippen molar-refractivity contribution in [3.8, 4) is 28.3 Å². The van der Waals surface area contributed by atoms with Gasteiger partial charge in [0.05, 0.1) is 22.2 Å². The number of rotatable bonds is 4. The molecule has 0 aliphatic carbocycles. The predicted molar refractivity (Wildman–Crippen MR) is 190 cm³/mol. The van der Waals surface area contributed by atoms with Crippen LogP contribution in [0.2, 0.25) is 0 Å². The Balaban J connectivity index is 0.000000379. The molecular formula is C41H37N3.